The van der Waals surface area contributed by atoms with E-state index in [1.165, 1.54) is 23.0 Å². The molecule has 0 aliphatic carbocycles. The van der Waals surface area contributed by atoms with Gasteiger partial charge >= 0.3 is 11.9 Å². The summed E-state index contributed by atoms with van der Waals surface area (Å²) < 4.78 is 24.8. The van der Waals surface area contributed by atoms with E-state index < -0.39 is 17.8 Å². The Morgan fingerprint density at radius 1 is 1.52 bits per heavy atom. The number of rotatable bonds is 2. The molecular formula is C14H11FN2O4. The minimum Gasteiger partial charge on any atom is -0.461 e. The van der Waals surface area contributed by atoms with Crippen LogP contribution in [0.25, 0.3) is 5.69 Å². The lowest BCUT2D eigenvalue weighted by molar-refractivity contribution is 0.0449. The highest BCUT2D eigenvalue weighted by Gasteiger charge is 2.27. The van der Waals surface area contributed by atoms with Crippen molar-refractivity contribution in [2.24, 2.45) is 0 Å². The molecule has 0 N–H and O–H groups in total. The topological polar surface area (TPSA) is 70.4 Å². The number of nitrogens with zero attached hydrogens (tertiary/aromatic N) is 2. The number of carbonyl (C=O) groups is 2. The molecule has 0 fully saturated rings. The van der Waals surface area contributed by atoms with Crippen LogP contribution in [0.15, 0.2) is 24.5 Å². The summed E-state index contributed by atoms with van der Waals surface area (Å²) in [7, 11) is 0. The molecule has 0 saturated carbocycles. The maximum Gasteiger partial charge on any atom is 0.358 e. The lowest BCUT2D eigenvalue weighted by Crippen LogP contribution is -2.10. The highest BCUT2D eigenvalue weighted by molar-refractivity contribution is 5.95. The quantitative estimate of drug-likeness (QED) is 0.789. The number of esters is 2. The first kappa shape index (κ1) is 13.3. The summed E-state index contributed by atoms with van der Waals surface area (Å²) >= 11 is 0. The number of hydrogen-bond donors (Lipinski definition) is 0. The Morgan fingerprint density at radius 3 is 3.10 bits per heavy atom. The second kappa shape index (κ2) is 5.01. The summed E-state index contributed by atoms with van der Waals surface area (Å²) in [4.78, 5) is 27.7. The Balaban J connectivity index is 2.15. The summed E-state index contributed by atoms with van der Waals surface area (Å²) in [5, 5.41) is 0. The first-order chi connectivity index (χ1) is 10.1. The van der Waals surface area contributed by atoms with Gasteiger partial charge in [-0.1, -0.05) is 0 Å². The van der Waals surface area contributed by atoms with Crippen LogP contribution in [0.2, 0.25) is 0 Å². The average molecular weight is 290 g/mol. The van der Waals surface area contributed by atoms with Crippen LogP contribution in [0.3, 0.4) is 0 Å². The Kier molecular flexibility index (Phi) is 3.17. The first-order valence-electron chi connectivity index (χ1n) is 6.32. The van der Waals surface area contributed by atoms with E-state index in [0.29, 0.717) is 11.4 Å². The zero-order valence-corrected chi connectivity index (χ0v) is 11.1. The molecule has 1 aromatic carbocycles. The van der Waals surface area contributed by atoms with Gasteiger partial charge in [0.2, 0.25) is 0 Å². The van der Waals surface area contributed by atoms with Gasteiger partial charge in [-0.3, -0.25) is 4.57 Å². The third kappa shape index (κ3) is 2.16. The van der Waals surface area contributed by atoms with Gasteiger partial charge in [-0.05, 0) is 25.1 Å². The predicted molar refractivity (Wildman–Crippen MR) is 68.6 cm³/mol. The molecule has 3 rings (SSSR count). The second-order valence-corrected chi connectivity index (χ2v) is 4.37. The van der Waals surface area contributed by atoms with Crippen LogP contribution < -0.4 is 0 Å². The normalized spacial score (nSPS) is 13.0. The number of ether oxygens (including phenoxy) is 2. The summed E-state index contributed by atoms with van der Waals surface area (Å²) in [6, 6.07) is 3.76. The van der Waals surface area contributed by atoms with Gasteiger partial charge in [-0.2, -0.15) is 0 Å². The minimum atomic E-state index is -0.650. The van der Waals surface area contributed by atoms with Crippen LogP contribution in [-0.4, -0.2) is 28.1 Å². The zero-order valence-electron chi connectivity index (χ0n) is 11.1. The van der Waals surface area contributed by atoms with Crippen LogP contribution >= 0.6 is 0 Å². The van der Waals surface area contributed by atoms with Gasteiger partial charge in [0.1, 0.15) is 18.8 Å². The van der Waals surface area contributed by atoms with Gasteiger partial charge in [0.25, 0.3) is 0 Å². The van der Waals surface area contributed by atoms with Gasteiger partial charge in [0, 0.05) is 0 Å². The van der Waals surface area contributed by atoms with E-state index in [2.05, 4.69) is 4.98 Å². The van der Waals surface area contributed by atoms with Crippen LogP contribution in [0, 0.1) is 5.82 Å². The molecule has 6 nitrogen and oxygen atoms in total. The van der Waals surface area contributed by atoms with Crippen molar-refractivity contribution in [1.82, 2.24) is 9.55 Å². The van der Waals surface area contributed by atoms with Gasteiger partial charge in [-0.15, -0.1) is 0 Å². The smallest absolute Gasteiger partial charge is 0.358 e. The number of benzene rings is 1. The molecule has 1 aromatic heterocycles. The molecule has 108 valence electrons. The van der Waals surface area contributed by atoms with Crippen LogP contribution in [0.1, 0.15) is 33.5 Å². The molecule has 1 aliphatic heterocycles. The molecule has 1 aliphatic rings. The SMILES string of the molecule is CCOC(=O)c1ncn2c1COC(=O)c1cc(F)ccc1-2. The van der Waals surface area contributed by atoms with Crippen molar-refractivity contribution in [3.05, 3.63) is 47.3 Å². The number of carbonyl (C=O) groups excluding carboxylic acids is 2. The van der Waals surface area contributed by atoms with Crippen molar-refractivity contribution in [2.75, 3.05) is 6.61 Å². The molecule has 0 saturated heterocycles. The van der Waals surface area contributed by atoms with Crippen LogP contribution in [0.5, 0.6) is 0 Å². The standard InChI is InChI=1S/C14H11FN2O4/c1-2-20-14(19)12-11-6-21-13(18)9-5-8(15)3-4-10(9)17(11)7-16-12/h3-5,7H,2,6H2,1H3. The third-order valence-corrected chi connectivity index (χ3v) is 3.11. The van der Waals surface area contributed by atoms with E-state index in [-0.39, 0.29) is 24.5 Å². The minimum absolute atomic E-state index is 0.0848. The molecule has 2 aromatic rings. The number of hydrogen-bond acceptors (Lipinski definition) is 5. The molecule has 0 amide bonds. The van der Waals surface area contributed by atoms with E-state index in [0.717, 1.165) is 6.07 Å². The third-order valence-electron chi connectivity index (χ3n) is 3.11. The monoisotopic (exact) mass is 290 g/mol. The lowest BCUT2D eigenvalue weighted by Gasteiger charge is -2.06. The number of cyclic esters (lactones) is 1. The first-order valence-corrected chi connectivity index (χ1v) is 6.32. The fourth-order valence-corrected chi connectivity index (χ4v) is 2.18. The van der Waals surface area contributed by atoms with Crippen LogP contribution in [0.4, 0.5) is 4.39 Å². The van der Waals surface area contributed by atoms with Gasteiger partial charge in [-0.25, -0.2) is 19.0 Å². The molecule has 0 radical (unpaired) electrons. The van der Waals surface area contributed by atoms with E-state index in [4.69, 9.17) is 9.47 Å². The molecule has 0 bridgehead atoms. The number of halogens is 1. The molecule has 2 heterocycles. The van der Waals surface area contributed by atoms with Crippen molar-refractivity contribution in [3.63, 3.8) is 0 Å². The lowest BCUT2D eigenvalue weighted by atomic mass is 10.1. The Morgan fingerprint density at radius 2 is 2.33 bits per heavy atom. The fraction of sp³-hybridized carbons (Fsp3) is 0.214. The van der Waals surface area contributed by atoms with Crippen molar-refractivity contribution in [3.8, 4) is 5.69 Å². The maximum atomic E-state index is 13.3. The summed E-state index contributed by atoms with van der Waals surface area (Å²) in [5.74, 6) is -1.78. The number of imidazole rings is 1. The van der Waals surface area contributed by atoms with Gasteiger partial charge in [0.15, 0.2) is 5.69 Å². The summed E-state index contributed by atoms with van der Waals surface area (Å²) in [5.41, 5.74) is 0.979. The Hall–Kier alpha value is -2.70. The van der Waals surface area contributed by atoms with Gasteiger partial charge in [0.05, 0.1) is 23.6 Å². The van der Waals surface area contributed by atoms with Crippen molar-refractivity contribution < 1.29 is 23.5 Å². The summed E-state index contributed by atoms with van der Waals surface area (Å²) in [6.45, 7) is 1.76. The average Bonchev–Trinajstić information content (AvgIpc) is 2.83. The van der Waals surface area contributed by atoms with Crippen molar-refractivity contribution >= 4 is 11.9 Å². The van der Waals surface area contributed by atoms with Crippen LogP contribution in [-0.2, 0) is 16.1 Å². The Labute approximate surface area is 119 Å². The molecule has 0 unspecified atom stereocenters. The van der Waals surface area contributed by atoms with E-state index in [9.17, 15) is 14.0 Å². The highest BCUT2D eigenvalue weighted by atomic mass is 19.1. The van der Waals surface area contributed by atoms with E-state index in [1.54, 1.807) is 6.92 Å². The second-order valence-electron chi connectivity index (χ2n) is 4.37. The summed E-state index contributed by atoms with van der Waals surface area (Å²) in [6.07, 6.45) is 1.39. The van der Waals surface area contributed by atoms with Crippen molar-refractivity contribution in [1.29, 1.82) is 0 Å². The number of aromatic nitrogens is 2. The molecule has 0 spiro atoms. The Bertz CT molecular complexity index is 739. The molecule has 7 heteroatoms. The predicted octanol–water partition coefficient (Wildman–Crippen LogP) is 1.86. The highest BCUT2D eigenvalue weighted by Crippen LogP contribution is 2.25. The molecule has 0 atom stereocenters. The zero-order chi connectivity index (χ0) is 15.0. The number of fused-ring (bicyclic) bond motifs is 3. The largest absolute Gasteiger partial charge is 0.461 e. The van der Waals surface area contributed by atoms with Gasteiger partial charge < -0.3 is 9.47 Å². The van der Waals surface area contributed by atoms with E-state index in [1.807, 2.05) is 0 Å². The fourth-order valence-electron chi connectivity index (χ4n) is 2.18. The molecule has 21 heavy (non-hydrogen) atoms. The van der Waals surface area contributed by atoms with E-state index >= 15 is 0 Å². The molecular weight excluding hydrogens is 279 g/mol. The van der Waals surface area contributed by atoms with Crippen molar-refractivity contribution in [2.45, 2.75) is 13.5 Å². The maximum absolute atomic E-state index is 13.3.